The molecule has 0 amide bonds. The molecule has 1 aliphatic carbocycles. The predicted octanol–water partition coefficient (Wildman–Crippen LogP) is 4.18. The minimum atomic E-state index is 0.0431. The third-order valence-electron chi connectivity index (χ3n) is 4.15. The maximum absolute atomic E-state index is 12.8. The Bertz CT molecular complexity index is 655. The molecular weight excluding hydrogens is 266 g/mol. The fourth-order valence-electron chi connectivity index (χ4n) is 3.16. The fraction of sp³-hybridized carbons (Fsp3) is 0.353. The van der Waals surface area contributed by atoms with Crippen LogP contribution in [0.4, 0.5) is 5.00 Å². The molecule has 1 aliphatic rings. The first-order valence-corrected chi connectivity index (χ1v) is 7.84. The standard InChI is InChI=1S/C17H19NOS/c1-17(2)10-6-9-12-14(17)13(16(18)20-12)15(19)11-7-4-3-5-8-11/h3-5,7-8H,6,9-10,18H2,1-2H3. The molecule has 1 aromatic heterocycles. The minimum absolute atomic E-state index is 0.0431. The summed E-state index contributed by atoms with van der Waals surface area (Å²) in [6.07, 6.45) is 3.35. The number of hydrogen-bond acceptors (Lipinski definition) is 3. The molecule has 0 saturated carbocycles. The number of nitrogen functional groups attached to an aromatic ring is 1. The van der Waals surface area contributed by atoms with Gasteiger partial charge in [-0.15, -0.1) is 11.3 Å². The van der Waals surface area contributed by atoms with Crippen molar-refractivity contribution in [2.75, 3.05) is 5.73 Å². The summed E-state index contributed by atoms with van der Waals surface area (Å²) in [5.41, 5.74) is 8.89. The van der Waals surface area contributed by atoms with Crippen molar-refractivity contribution < 1.29 is 4.79 Å². The van der Waals surface area contributed by atoms with Gasteiger partial charge >= 0.3 is 0 Å². The van der Waals surface area contributed by atoms with Crippen LogP contribution in [0.3, 0.4) is 0 Å². The summed E-state index contributed by atoms with van der Waals surface area (Å²) >= 11 is 1.60. The molecular formula is C17H19NOS. The van der Waals surface area contributed by atoms with Crippen LogP contribution < -0.4 is 5.73 Å². The highest BCUT2D eigenvalue weighted by Crippen LogP contribution is 2.46. The molecule has 0 saturated heterocycles. The van der Waals surface area contributed by atoms with Gasteiger partial charge in [0.25, 0.3) is 0 Å². The van der Waals surface area contributed by atoms with Gasteiger partial charge in [0.2, 0.25) is 0 Å². The zero-order valence-electron chi connectivity index (χ0n) is 11.9. The quantitative estimate of drug-likeness (QED) is 0.841. The van der Waals surface area contributed by atoms with Crippen LogP contribution in [0, 0.1) is 0 Å². The van der Waals surface area contributed by atoms with E-state index in [-0.39, 0.29) is 11.2 Å². The summed E-state index contributed by atoms with van der Waals surface area (Å²) in [6, 6.07) is 9.44. The zero-order valence-corrected chi connectivity index (χ0v) is 12.7. The molecule has 1 aromatic carbocycles. The number of aryl methyl sites for hydroxylation is 1. The van der Waals surface area contributed by atoms with Crippen molar-refractivity contribution in [2.45, 2.75) is 38.5 Å². The van der Waals surface area contributed by atoms with Gasteiger partial charge in [-0.25, -0.2) is 0 Å². The van der Waals surface area contributed by atoms with Gasteiger partial charge in [0.1, 0.15) is 0 Å². The van der Waals surface area contributed by atoms with Crippen molar-refractivity contribution in [1.82, 2.24) is 0 Å². The Morgan fingerprint density at radius 3 is 2.65 bits per heavy atom. The Morgan fingerprint density at radius 1 is 1.25 bits per heavy atom. The van der Waals surface area contributed by atoms with Gasteiger partial charge in [0.15, 0.2) is 5.78 Å². The van der Waals surface area contributed by atoms with E-state index >= 15 is 0 Å². The SMILES string of the molecule is CC1(C)CCCc2sc(N)c(C(=O)c3ccccc3)c21. The number of thiophene rings is 1. The Labute approximate surface area is 123 Å². The largest absolute Gasteiger partial charge is 0.390 e. The number of benzene rings is 1. The first kappa shape index (κ1) is 13.4. The summed E-state index contributed by atoms with van der Waals surface area (Å²) in [7, 11) is 0. The molecule has 0 unspecified atom stereocenters. The van der Waals surface area contributed by atoms with E-state index in [0.29, 0.717) is 5.00 Å². The number of ketones is 1. The number of carbonyl (C=O) groups excluding carboxylic acids is 1. The smallest absolute Gasteiger partial charge is 0.196 e. The van der Waals surface area contributed by atoms with Crippen LogP contribution in [0.5, 0.6) is 0 Å². The van der Waals surface area contributed by atoms with Crippen molar-refractivity contribution in [3.8, 4) is 0 Å². The average molecular weight is 285 g/mol. The molecule has 3 heteroatoms. The molecule has 0 spiro atoms. The molecule has 3 rings (SSSR count). The van der Waals surface area contributed by atoms with Gasteiger partial charge in [-0.05, 0) is 30.2 Å². The van der Waals surface area contributed by atoms with Gasteiger partial charge in [-0.3, -0.25) is 4.79 Å². The van der Waals surface area contributed by atoms with E-state index in [2.05, 4.69) is 13.8 Å². The van der Waals surface area contributed by atoms with Crippen LogP contribution in [0.15, 0.2) is 30.3 Å². The van der Waals surface area contributed by atoms with E-state index in [1.807, 2.05) is 30.3 Å². The van der Waals surface area contributed by atoms with Crippen LogP contribution in [0.2, 0.25) is 0 Å². The lowest BCUT2D eigenvalue weighted by Crippen LogP contribution is -2.25. The molecule has 2 N–H and O–H groups in total. The monoisotopic (exact) mass is 285 g/mol. The summed E-state index contributed by atoms with van der Waals surface area (Å²) in [4.78, 5) is 14.1. The highest BCUT2D eigenvalue weighted by molar-refractivity contribution is 7.16. The number of fused-ring (bicyclic) bond motifs is 1. The lowest BCUT2D eigenvalue weighted by atomic mass is 9.73. The van der Waals surface area contributed by atoms with Crippen LogP contribution in [-0.2, 0) is 11.8 Å². The average Bonchev–Trinajstić information content (AvgIpc) is 2.76. The molecule has 104 valence electrons. The Kier molecular flexibility index (Phi) is 3.17. The normalized spacial score (nSPS) is 16.7. The third-order valence-corrected chi connectivity index (χ3v) is 5.23. The molecule has 0 radical (unpaired) electrons. The minimum Gasteiger partial charge on any atom is -0.390 e. The van der Waals surface area contributed by atoms with Gasteiger partial charge in [-0.1, -0.05) is 44.2 Å². The van der Waals surface area contributed by atoms with Crippen LogP contribution in [-0.4, -0.2) is 5.78 Å². The maximum Gasteiger partial charge on any atom is 0.196 e. The first-order chi connectivity index (χ1) is 9.50. The van der Waals surface area contributed by atoms with Crippen molar-refractivity contribution in [1.29, 1.82) is 0 Å². The van der Waals surface area contributed by atoms with Crippen molar-refractivity contribution in [3.63, 3.8) is 0 Å². The number of nitrogens with two attached hydrogens (primary N) is 1. The highest BCUT2D eigenvalue weighted by atomic mass is 32.1. The van der Waals surface area contributed by atoms with E-state index in [1.54, 1.807) is 11.3 Å². The van der Waals surface area contributed by atoms with Crippen molar-refractivity contribution in [2.24, 2.45) is 0 Å². The molecule has 0 atom stereocenters. The van der Waals surface area contributed by atoms with E-state index in [9.17, 15) is 4.79 Å². The van der Waals surface area contributed by atoms with E-state index in [1.165, 1.54) is 16.9 Å². The van der Waals surface area contributed by atoms with Gasteiger partial charge in [-0.2, -0.15) is 0 Å². The Hall–Kier alpha value is -1.61. The molecule has 0 fully saturated rings. The van der Waals surface area contributed by atoms with Crippen LogP contribution in [0.1, 0.15) is 53.1 Å². The van der Waals surface area contributed by atoms with E-state index in [0.717, 1.165) is 24.0 Å². The second-order valence-electron chi connectivity index (χ2n) is 6.07. The molecule has 0 bridgehead atoms. The predicted molar refractivity (Wildman–Crippen MR) is 84.6 cm³/mol. The lowest BCUT2D eigenvalue weighted by Gasteiger charge is -2.31. The topological polar surface area (TPSA) is 43.1 Å². The molecule has 20 heavy (non-hydrogen) atoms. The number of anilines is 1. The van der Waals surface area contributed by atoms with Gasteiger partial charge < -0.3 is 5.73 Å². The molecule has 0 aliphatic heterocycles. The second-order valence-corrected chi connectivity index (χ2v) is 7.21. The highest BCUT2D eigenvalue weighted by Gasteiger charge is 2.35. The van der Waals surface area contributed by atoms with Crippen molar-refractivity contribution >= 4 is 22.1 Å². The second kappa shape index (κ2) is 4.74. The lowest BCUT2D eigenvalue weighted by molar-refractivity contribution is 0.103. The van der Waals surface area contributed by atoms with Crippen LogP contribution >= 0.6 is 11.3 Å². The molecule has 1 heterocycles. The number of rotatable bonds is 2. The summed E-state index contributed by atoms with van der Waals surface area (Å²) < 4.78 is 0. The van der Waals surface area contributed by atoms with E-state index in [4.69, 9.17) is 5.73 Å². The van der Waals surface area contributed by atoms with E-state index < -0.39 is 0 Å². The number of hydrogen-bond donors (Lipinski definition) is 1. The maximum atomic E-state index is 12.8. The number of carbonyl (C=O) groups is 1. The Balaban J connectivity index is 2.16. The molecule has 2 nitrogen and oxygen atoms in total. The third kappa shape index (κ3) is 2.06. The zero-order chi connectivity index (χ0) is 14.3. The molecule has 2 aromatic rings. The van der Waals surface area contributed by atoms with Crippen molar-refractivity contribution in [3.05, 3.63) is 51.9 Å². The summed E-state index contributed by atoms with van der Waals surface area (Å²) in [6.45, 7) is 4.44. The summed E-state index contributed by atoms with van der Waals surface area (Å²) in [5, 5.41) is 0.679. The fourth-order valence-corrected chi connectivity index (χ4v) is 4.45. The first-order valence-electron chi connectivity index (χ1n) is 7.02. The summed E-state index contributed by atoms with van der Waals surface area (Å²) in [5.74, 6) is 0.0653. The Morgan fingerprint density at radius 2 is 1.95 bits per heavy atom. The van der Waals surface area contributed by atoms with Crippen LogP contribution in [0.25, 0.3) is 0 Å². The van der Waals surface area contributed by atoms with Gasteiger partial charge in [0, 0.05) is 10.4 Å². The van der Waals surface area contributed by atoms with Gasteiger partial charge in [0.05, 0.1) is 10.6 Å².